The molecule has 1 N–H and O–H groups in total. The predicted molar refractivity (Wildman–Crippen MR) is 68.3 cm³/mol. The molecule has 3 nitrogen and oxygen atoms in total. The van der Waals surface area contributed by atoms with Gasteiger partial charge in [0.15, 0.2) is 9.84 Å². The van der Waals surface area contributed by atoms with Crippen LogP contribution in [-0.2, 0) is 9.84 Å². The normalized spacial score (nSPS) is 28.9. The fraction of sp³-hybridized carbons (Fsp3) is 1.00. The zero-order chi connectivity index (χ0) is 12.2. The van der Waals surface area contributed by atoms with Crippen LogP contribution in [0.4, 0.5) is 0 Å². The predicted octanol–water partition coefficient (Wildman–Crippen LogP) is 1.98. The third-order valence-electron chi connectivity index (χ3n) is 3.75. The van der Waals surface area contributed by atoms with Crippen LogP contribution in [-0.4, -0.2) is 32.5 Å². The molecule has 1 rings (SSSR count). The largest absolute Gasteiger partial charge is 0.316 e. The van der Waals surface area contributed by atoms with E-state index in [0.717, 1.165) is 32.1 Å². The maximum atomic E-state index is 12.3. The highest BCUT2D eigenvalue weighted by molar-refractivity contribution is 7.92. The molecule has 0 radical (unpaired) electrons. The Kier molecular flexibility index (Phi) is 5.25. The molecule has 0 aliphatic heterocycles. The fourth-order valence-corrected chi connectivity index (χ4v) is 5.07. The van der Waals surface area contributed by atoms with E-state index in [9.17, 15) is 8.42 Å². The average molecular weight is 247 g/mol. The highest BCUT2D eigenvalue weighted by Crippen LogP contribution is 2.26. The highest BCUT2D eigenvalue weighted by Gasteiger charge is 2.34. The van der Waals surface area contributed by atoms with Crippen molar-refractivity contribution in [2.45, 2.75) is 57.2 Å². The molecule has 0 spiro atoms. The van der Waals surface area contributed by atoms with Gasteiger partial charge in [-0.05, 0) is 25.8 Å². The summed E-state index contributed by atoms with van der Waals surface area (Å²) >= 11 is 0. The molecule has 0 amide bonds. The van der Waals surface area contributed by atoms with Gasteiger partial charge < -0.3 is 5.32 Å². The molecule has 0 bridgehead atoms. The van der Waals surface area contributed by atoms with Crippen LogP contribution in [0.5, 0.6) is 0 Å². The molecule has 16 heavy (non-hydrogen) atoms. The first-order valence-electron chi connectivity index (χ1n) is 6.40. The Balaban J connectivity index is 2.72. The van der Waals surface area contributed by atoms with Gasteiger partial charge in [-0.3, -0.25) is 0 Å². The summed E-state index contributed by atoms with van der Waals surface area (Å²) in [6.45, 7) is 4.07. The second-order valence-electron chi connectivity index (χ2n) is 5.06. The van der Waals surface area contributed by atoms with Gasteiger partial charge in [-0.15, -0.1) is 0 Å². The van der Waals surface area contributed by atoms with Crippen LogP contribution in [0.25, 0.3) is 0 Å². The first kappa shape index (κ1) is 14.0. The average Bonchev–Trinajstić information content (AvgIpc) is 2.28. The van der Waals surface area contributed by atoms with Crippen molar-refractivity contribution in [3.8, 4) is 0 Å². The number of hydrogen-bond donors (Lipinski definition) is 1. The lowest BCUT2D eigenvalue weighted by atomic mass is 9.95. The molecule has 0 aromatic heterocycles. The fourth-order valence-electron chi connectivity index (χ4n) is 2.49. The Labute approximate surface area is 99.9 Å². The molecule has 96 valence electrons. The van der Waals surface area contributed by atoms with E-state index in [1.165, 1.54) is 0 Å². The molecular weight excluding hydrogens is 222 g/mol. The van der Waals surface area contributed by atoms with Gasteiger partial charge in [0.25, 0.3) is 0 Å². The van der Waals surface area contributed by atoms with Crippen molar-refractivity contribution in [3.63, 3.8) is 0 Å². The van der Waals surface area contributed by atoms with E-state index in [0.29, 0.717) is 5.75 Å². The number of hydrogen-bond acceptors (Lipinski definition) is 3. The summed E-state index contributed by atoms with van der Waals surface area (Å²) in [5, 5.41) is 3.02. The Morgan fingerprint density at radius 2 is 1.94 bits per heavy atom. The maximum Gasteiger partial charge on any atom is 0.154 e. The van der Waals surface area contributed by atoms with Gasteiger partial charge in [0.1, 0.15) is 0 Å². The van der Waals surface area contributed by atoms with E-state index in [2.05, 4.69) is 12.2 Å². The Morgan fingerprint density at radius 3 is 2.50 bits per heavy atom. The van der Waals surface area contributed by atoms with E-state index in [1.807, 2.05) is 14.0 Å². The van der Waals surface area contributed by atoms with Crippen molar-refractivity contribution in [2.24, 2.45) is 5.92 Å². The van der Waals surface area contributed by atoms with Gasteiger partial charge in [-0.25, -0.2) is 8.42 Å². The Bertz CT molecular complexity index is 300. The number of rotatable bonds is 5. The lowest BCUT2D eigenvalue weighted by Gasteiger charge is -2.31. The van der Waals surface area contributed by atoms with Crippen molar-refractivity contribution in [3.05, 3.63) is 0 Å². The lowest BCUT2D eigenvalue weighted by Crippen LogP contribution is -2.46. The molecular formula is C12H25NO2S. The summed E-state index contributed by atoms with van der Waals surface area (Å²) in [6, 6.07) is 0.169. The maximum absolute atomic E-state index is 12.3. The highest BCUT2D eigenvalue weighted by atomic mass is 32.2. The zero-order valence-corrected chi connectivity index (χ0v) is 11.5. The van der Waals surface area contributed by atoms with Crippen LogP contribution in [0.15, 0.2) is 0 Å². The van der Waals surface area contributed by atoms with Crippen LogP contribution in [0.3, 0.4) is 0 Å². The SMILES string of the molecule is CCC(C)CS(=O)(=O)C1CCCCC1NC. The molecule has 4 heteroatoms. The lowest BCUT2D eigenvalue weighted by molar-refractivity contribution is 0.388. The van der Waals surface area contributed by atoms with Crippen molar-refractivity contribution in [1.29, 1.82) is 0 Å². The molecule has 0 aromatic carbocycles. The van der Waals surface area contributed by atoms with Crippen LogP contribution in [0, 0.1) is 5.92 Å². The minimum Gasteiger partial charge on any atom is -0.316 e. The van der Waals surface area contributed by atoms with E-state index < -0.39 is 9.84 Å². The van der Waals surface area contributed by atoms with Crippen molar-refractivity contribution in [1.82, 2.24) is 5.32 Å². The van der Waals surface area contributed by atoms with Gasteiger partial charge in [-0.1, -0.05) is 33.1 Å². The topological polar surface area (TPSA) is 46.2 Å². The quantitative estimate of drug-likeness (QED) is 0.808. The molecule has 1 aliphatic rings. The summed E-state index contributed by atoms with van der Waals surface area (Å²) in [6.07, 6.45) is 4.99. The zero-order valence-electron chi connectivity index (χ0n) is 10.7. The Morgan fingerprint density at radius 1 is 1.31 bits per heavy atom. The smallest absolute Gasteiger partial charge is 0.154 e. The summed E-state index contributed by atoms with van der Waals surface area (Å²) in [4.78, 5) is 0. The first-order chi connectivity index (χ1) is 7.51. The van der Waals surface area contributed by atoms with E-state index in [1.54, 1.807) is 0 Å². The molecule has 1 saturated carbocycles. The van der Waals surface area contributed by atoms with Crippen molar-refractivity contribution in [2.75, 3.05) is 12.8 Å². The molecule has 0 saturated heterocycles. The number of sulfone groups is 1. The van der Waals surface area contributed by atoms with Crippen LogP contribution in [0.1, 0.15) is 46.0 Å². The standard InChI is InChI=1S/C12H25NO2S/c1-4-10(2)9-16(14,15)12-8-6-5-7-11(12)13-3/h10-13H,4-9H2,1-3H3. The molecule has 3 unspecified atom stereocenters. The van der Waals surface area contributed by atoms with Gasteiger partial charge in [0.2, 0.25) is 0 Å². The number of nitrogens with one attached hydrogen (secondary N) is 1. The van der Waals surface area contributed by atoms with E-state index in [4.69, 9.17) is 0 Å². The minimum absolute atomic E-state index is 0.153. The van der Waals surface area contributed by atoms with Crippen LogP contribution in [0.2, 0.25) is 0 Å². The molecule has 1 fully saturated rings. The molecule has 0 heterocycles. The first-order valence-corrected chi connectivity index (χ1v) is 8.11. The summed E-state index contributed by atoms with van der Waals surface area (Å²) in [5.41, 5.74) is 0. The van der Waals surface area contributed by atoms with Crippen LogP contribution < -0.4 is 5.32 Å². The Hall–Kier alpha value is -0.0900. The summed E-state index contributed by atoms with van der Waals surface area (Å²) in [7, 11) is -1.04. The molecule has 0 aromatic rings. The van der Waals surface area contributed by atoms with Gasteiger partial charge in [0, 0.05) is 6.04 Å². The molecule has 3 atom stereocenters. The monoisotopic (exact) mass is 247 g/mol. The third-order valence-corrected chi connectivity index (χ3v) is 6.27. The van der Waals surface area contributed by atoms with Crippen LogP contribution >= 0.6 is 0 Å². The second kappa shape index (κ2) is 6.01. The van der Waals surface area contributed by atoms with Crippen molar-refractivity contribution >= 4 is 9.84 Å². The summed E-state index contributed by atoms with van der Waals surface area (Å²) < 4.78 is 24.6. The van der Waals surface area contributed by atoms with Crippen molar-refractivity contribution < 1.29 is 8.42 Å². The van der Waals surface area contributed by atoms with E-state index >= 15 is 0 Å². The second-order valence-corrected chi connectivity index (χ2v) is 7.33. The van der Waals surface area contributed by atoms with E-state index in [-0.39, 0.29) is 17.2 Å². The minimum atomic E-state index is -2.92. The molecule has 1 aliphatic carbocycles. The van der Waals surface area contributed by atoms with Gasteiger partial charge in [0.05, 0.1) is 11.0 Å². The summed E-state index contributed by atoms with van der Waals surface area (Å²) in [5.74, 6) is 0.635. The third kappa shape index (κ3) is 3.45. The van der Waals surface area contributed by atoms with Gasteiger partial charge >= 0.3 is 0 Å². The van der Waals surface area contributed by atoms with Gasteiger partial charge in [-0.2, -0.15) is 0 Å².